The predicted molar refractivity (Wildman–Crippen MR) is 119 cm³/mol. The number of non-ortho nitro benzene ring substituents is 1. The topological polar surface area (TPSA) is 93.5 Å². The first-order chi connectivity index (χ1) is 14.5. The van der Waals surface area contributed by atoms with E-state index in [2.05, 4.69) is 10.6 Å². The summed E-state index contributed by atoms with van der Waals surface area (Å²) >= 11 is 5.18. The number of carbonyl (C=O) groups excluding carboxylic acids is 1. The fourth-order valence-electron chi connectivity index (χ4n) is 2.67. The number of benzene rings is 3. The summed E-state index contributed by atoms with van der Waals surface area (Å²) < 4.78 is 5.79. The van der Waals surface area contributed by atoms with Crippen LogP contribution in [0.1, 0.15) is 15.9 Å². The number of nitro benzene ring substituents is 1. The Balaban J connectivity index is 1.51. The fraction of sp³-hybridized carbons (Fsp3) is 0.0909. The Kier molecular flexibility index (Phi) is 7.07. The number of rotatable bonds is 7. The highest BCUT2D eigenvalue weighted by molar-refractivity contribution is 7.80. The van der Waals surface area contributed by atoms with Crippen molar-refractivity contribution in [2.75, 3.05) is 11.9 Å². The third-order valence-corrected chi connectivity index (χ3v) is 4.37. The largest absolute Gasteiger partial charge is 0.493 e. The number of nitro groups is 1. The molecule has 0 unspecified atom stereocenters. The lowest BCUT2D eigenvalue weighted by Gasteiger charge is -2.11. The van der Waals surface area contributed by atoms with Gasteiger partial charge in [0, 0.05) is 35.9 Å². The number of carbonyl (C=O) groups is 1. The zero-order chi connectivity index (χ0) is 21.3. The molecule has 0 saturated heterocycles. The number of amides is 1. The highest BCUT2D eigenvalue weighted by atomic mass is 32.1. The Hall–Kier alpha value is -3.78. The van der Waals surface area contributed by atoms with Crippen LogP contribution in [0, 0.1) is 10.1 Å². The van der Waals surface area contributed by atoms with Gasteiger partial charge in [-0.05, 0) is 42.0 Å². The first-order valence-electron chi connectivity index (χ1n) is 9.15. The first-order valence-corrected chi connectivity index (χ1v) is 9.56. The van der Waals surface area contributed by atoms with E-state index in [-0.39, 0.29) is 16.4 Å². The molecular formula is C22H19N3O4S. The molecule has 2 N–H and O–H groups in total. The number of thiocarbonyl (C=S) groups is 1. The second-order valence-electron chi connectivity index (χ2n) is 6.32. The van der Waals surface area contributed by atoms with E-state index in [1.54, 1.807) is 12.1 Å². The van der Waals surface area contributed by atoms with Crippen LogP contribution in [0.3, 0.4) is 0 Å². The molecule has 0 aromatic heterocycles. The number of hydrogen-bond acceptors (Lipinski definition) is 5. The molecule has 0 aliphatic carbocycles. The molecule has 152 valence electrons. The molecule has 3 aromatic rings. The van der Waals surface area contributed by atoms with Gasteiger partial charge in [0.2, 0.25) is 0 Å². The van der Waals surface area contributed by atoms with Crippen molar-refractivity contribution < 1.29 is 14.5 Å². The second-order valence-corrected chi connectivity index (χ2v) is 6.73. The second kappa shape index (κ2) is 10.1. The van der Waals surface area contributed by atoms with Crippen LogP contribution in [0.2, 0.25) is 0 Å². The Bertz CT molecular complexity index is 1040. The number of hydrogen-bond donors (Lipinski definition) is 2. The van der Waals surface area contributed by atoms with Gasteiger partial charge in [-0.3, -0.25) is 20.2 Å². The molecule has 0 aliphatic rings. The molecule has 0 heterocycles. The van der Waals surface area contributed by atoms with Crippen molar-refractivity contribution in [1.29, 1.82) is 0 Å². The molecule has 0 radical (unpaired) electrons. The minimum absolute atomic E-state index is 0.0867. The van der Waals surface area contributed by atoms with Gasteiger partial charge in [0.25, 0.3) is 11.6 Å². The van der Waals surface area contributed by atoms with E-state index in [0.29, 0.717) is 18.0 Å². The van der Waals surface area contributed by atoms with E-state index in [9.17, 15) is 14.9 Å². The molecule has 0 fully saturated rings. The smallest absolute Gasteiger partial charge is 0.269 e. The maximum absolute atomic E-state index is 12.2. The third kappa shape index (κ3) is 6.11. The summed E-state index contributed by atoms with van der Waals surface area (Å²) in [5.74, 6) is 0.220. The predicted octanol–water partition coefficient (Wildman–Crippen LogP) is 4.34. The molecule has 0 aliphatic heterocycles. The normalized spacial score (nSPS) is 10.1. The minimum Gasteiger partial charge on any atom is -0.493 e. The summed E-state index contributed by atoms with van der Waals surface area (Å²) in [4.78, 5) is 22.4. The molecule has 0 spiro atoms. The van der Waals surface area contributed by atoms with Crippen molar-refractivity contribution in [3.8, 4) is 5.75 Å². The third-order valence-electron chi connectivity index (χ3n) is 4.16. The molecule has 1 amide bonds. The van der Waals surface area contributed by atoms with Crippen molar-refractivity contribution in [3.63, 3.8) is 0 Å². The van der Waals surface area contributed by atoms with Crippen molar-refractivity contribution in [2.45, 2.75) is 6.42 Å². The zero-order valence-corrected chi connectivity index (χ0v) is 16.7. The molecule has 3 rings (SSSR count). The van der Waals surface area contributed by atoms with Gasteiger partial charge < -0.3 is 10.1 Å². The summed E-state index contributed by atoms with van der Waals surface area (Å²) in [5.41, 5.74) is 2.04. The van der Waals surface area contributed by atoms with Crippen LogP contribution in [0.15, 0.2) is 78.9 Å². The Morgan fingerprint density at radius 2 is 1.73 bits per heavy atom. The molecule has 0 atom stereocenters. The van der Waals surface area contributed by atoms with Gasteiger partial charge in [-0.15, -0.1) is 0 Å². The van der Waals surface area contributed by atoms with E-state index in [1.165, 1.54) is 29.8 Å². The maximum atomic E-state index is 12.2. The van der Waals surface area contributed by atoms with Crippen LogP contribution in [-0.2, 0) is 6.42 Å². The van der Waals surface area contributed by atoms with Crippen LogP contribution in [-0.4, -0.2) is 22.5 Å². The highest BCUT2D eigenvalue weighted by Gasteiger charge is 2.11. The zero-order valence-electron chi connectivity index (χ0n) is 15.9. The molecule has 7 nitrogen and oxygen atoms in total. The van der Waals surface area contributed by atoms with Crippen molar-refractivity contribution >= 4 is 34.6 Å². The van der Waals surface area contributed by atoms with Crippen molar-refractivity contribution in [1.82, 2.24) is 5.32 Å². The number of nitrogens with zero attached hydrogens (tertiary/aromatic N) is 1. The van der Waals surface area contributed by atoms with Crippen LogP contribution in [0.4, 0.5) is 11.4 Å². The van der Waals surface area contributed by atoms with Gasteiger partial charge in [0.05, 0.1) is 11.5 Å². The van der Waals surface area contributed by atoms with Crippen LogP contribution in [0.25, 0.3) is 0 Å². The van der Waals surface area contributed by atoms with E-state index in [4.69, 9.17) is 17.0 Å². The van der Waals surface area contributed by atoms with Gasteiger partial charge in [-0.25, -0.2) is 0 Å². The fourth-order valence-corrected chi connectivity index (χ4v) is 2.88. The van der Waals surface area contributed by atoms with Gasteiger partial charge in [0.15, 0.2) is 5.11 Å². The van der Waals surface area contributed by atoms with Crippen LogP contribution in [0.5, 0.6) is 5.75 Å². The summed E-state index contributed by atoms with van der Waals surface area (Å²) in [5, 5.41) is 16.3. The number of nitrogens with one attached hydrogen (secondary N) is 2. The highest BCUT2D eigenvalue weighted by Crippen LogP contribution is 2.18. The van der Waals surface area contributed by atoms with Gasteiger partial charge in [-0.1, -0.05) is 36.4 Å². The van der Waals surface area contributed by atoms with Crippen molar-refractivity contribution in [3.05, 3.63) is 100 Å². The quantitative estimate of drug-likeness (QED) is 0.335. The van der Waals surface area contributed by atoms with Gasteiger partial charge >= 0.3 is 0 Å². The number of ether oxygens (including phenoxy) is 1. The lowest BCUT2D eigenvalue weighted by molar-refractivity contribution is -0.384. The summed E-state index contributed by atoms with van der Waals surface area (Å²) in [7, 11) is 0. The summed E-state index contributed by atoms with van der Waals surface area (Å²) in [6.07, 6.45) is 0.794. The van der Waals surface area contributed by atoms with E-state index in [0.717, 1.165) is 6.42 Å². The average molecular weight is 421 g/mol. The average Bonchev–Trinajstić information content (AvgIpc) is 2.75. The van der Waals surface area contributed by atoms with Crippen LogP contribution >= 0.6 is 12.2 Å². The van der Waals surface area contributed by atoms with Gasteiger partial charge in [0.1, 0.15) is 5.75 Å². The Labute approximate surface area is 178 Å². The maximum Gasteiger partial charge on any atom is 0.269 e. The standard InChI is InChI=1S/C22H19N3O4S/c26-21(17-9-11-19(12-10-17)25(27)28)24-22(30)23-18-7-4-8-20(15-18)29-14-13-16-5-2-1-3-6-16/h1-12,15H,13-14H2,(H2,23,24,26,30). The molecule has 0 saturated carbocycles. The minimum atomic E-state index is -0.525. The Morgan fingerprint density at radius 3 is 2.43 bits per heavy atom. The molecular weight excluding hydrogens is 402 g/mol. The SMILES string of the molecule is O=C(NC(=S)Nc1cccc(OCCc2ccccc2)c1)c1ccc([N+](=O)[O-])cc1. The van der Waals surface area contributed by atoms with Crippen molar-refractivity contribution in [2.24, 2.45) is 0 Å². The summed E-state index contributed by atoms with van der Waals surface area (Å²) in [6.45, 7) is 0.537. The van der Waals surface area contributed by atoms with Gasteiger partial charge in [-0.2, -0.15) is 0 Å². The molecule has 0 bridgehead atoms. The molecule has 3 aromatic carbocycles. The van der Waals surface area contributed by atoms with E-state index >= 15 is 0 Å². The number of anilines is 1. The lowest BCUT2D eigenvalue weighted by Crippen LogP contribution is -2.34. The Morgan fingerprint density at radius 1 is 1.00 bits per heavy atom. The lowest BCUT2D eigenvalue weighted by atomic mass is 10.2. The first kappa shape index (κ1) is 20.9. The van der Waals surface area contributed by atoms with Crippen LogP contribution < -0.4 is 15.4 Å². The molecule has 30 heavy (non-hydrogen) atoms. The summed E-state index contributed by atoms with van der Waals surface area (Å²) in [6, 6.07) is 22.6. The van der Waals surface area contributed by atoms with E-state index < -0.39 is 10.8 Å². The van der Waals surface area contributed by atoms with E-state index in [1.807, 2.05) is 42.5 Å². The monoisotopic (exact) mass is 421 g/mol. The molecule has 8 heteroatoms.